The summed E-state index contributed by atoms with van der Waals surface area (Å²) >= 11 is 1.79. The van der Waals surface area contributed by atoms with Crippen LogP contribution < -0.4 is 5.32 Å². The maximum atomic E-state index is 11.8. The molecular formula is C12H15NO2S. The molecule has 0 saturated carbocycles. The van der Waals surface area contributed by atoms with Crippen LogP contribution in [0, 0.1) is 6.92 Å². The molecule has 0 spiro atoms. The van der Waals surface area contributed by atoms with E-state index >= 15 is 0 Å². The van der Waals surface area contributed by atoms with Crippen molar-refractivity contribution in [1.82, 2.24) is 0 Å². The Morgan fingerprint density at radius 1 is 1.56 bits per heavy atom. The van der Waals surface area contributed by atoms with Gasteiger partial charge in [0.15, 0.2) is 0 Å². The minimum atomic E-state index is -0.242. The van der Waals surface area contributed by atoms with Gasteiger partial charge in [0.25, 0.3) is 0 Å². The van der Waals surface area contributed by atoms with Crippen molar-refractivity contribution in [3.8, 4) is 0 Å². The number of aryl methyl sites for hydroxylation is 1. The lowest BCUT2D eigenvalue weighted by Crippen LogP contribution is -2.16. The van der Waals surface area contributed by atoms with Crippen molar-refractivity contribution in [2.75, 3.05) is 24.2 Å². The minimum Gasteiger partial charge on any atom is -0.462 e. The summed E-state index contributed by atoms with van der Waals surface area (Å²) in [5.41, 5.74) is 2.80. The Hall–Kier alpha value is -1.16. The Kier molecular flexibility index (Phi) is 3.39. The molecule has 0 amide bonds. The van der Waals surface area contributed by atoms with Crippen molar-refractivity contribution in [3.63, 3.8) is 0 Å². The monoisotopic (exact) mass is 237 g/mol. The molecule has 0 fully saturated rings. The molecule has 1 aliphatic rings. The van der Waals surface area contributed by atoms with Gasteiger partial charge in [-0.25, -0.2) is 4.79 Å². The van der Waals surface area contributed by atoms with Gasteiger partial charge in [0.2, 0.25) is 0 Å². The summed E-state index contributed by atoms with van der Waals surface area (Å²) in [7, 11) is 0. The molecule has 1 aromatic rings. The third-order valence-corrected chi connectivity index (χ3v) is 3.72. The van der Waals surface area contributed by atoms with E-state index < -0.39 is 0 Å². The molecule has 0 aromatic heterocycles. The number of anilines is 1. The lowest BCUT2D eigenvalue weighted by molar-refractivity contribution is 0.0527. The van der Waals surface area contributed by atoms with E-state index in [1.807, 2.05) is 19.1 Å². The molecule has 2 rings (SSSR count). The van der Waals surface area contributed by atoms with E-state index in [-0.39, 0.29) is 5.97 Å². The summed E-state index contributed by atoms with van der Waals surface area (Å²) in [6.45, 7) is 5.19. The molecule has 16 heavy (non-hydrogen) atoms. The van der Waals surface area contributed by atoms with Gasteiger partial charge in [-0.2, -0.15) is 0 Å². The van der Waals surface area contributed by atoms with Gasteiger partial charge in [-0.15, -0.1) is 11.8 Å². The Labute approximate surface area is 99.6 Å². The van der Waals surface area contributed by atoms with Crippen molar-refractivity contribution in [2.45, 2.75) is 18.7 Å². The van der Waals surface area contributed by atoms with Gasteiger partial charge in [-0.05, 0) is 25.5 Å². The highest BCUT2D eigenvalue weighted by molar-refractivity contribution is 7.99. The van der Waals surface area contributed by atoms with Gasteiger partial charge in [-0.1, -0.05) is 6.07 Å². The van der Waals surface area contributed by atoms with Crippen LogP contribution in [0.5, 0.6) is 0 Å². The molecule has 0 atom stereocenters. The van der Waals surface area contributed by atoms with E-state index in [4.69, 9.17) is 4.74 Å². The molecule has 1 N–H and O–H groups in total. The van der Waals surface area contributed by atoms with Crippen molar-refractivity contribution >= 4 is 23.4 Å². The first kappa shape index (κ1) is 11.3. The predicted octanol–water partition coefficient (Wildman–Crippen LogP) is 2.69. The topological polar surface area (TPSA) is 38.3 Å². The van der Waals surface area contributed by atoms with Gasteiger partial charge in [0.1, 0.15) is 0 Å². The van der Waals surface area contributed by atoms with Crippen LogP contribution >= 0.6 is 11.8 Å². The summed E-state index contributed by atoms with van der Waals surface area (Å²) < 4.78 is 5.05. The number of benzene rings is 1. The molecule has 4 heteroatoms. The second-order valence-electron chi connectivity index (χ2n) is 3.63. The lowest BCUT2D eigenvalue weighted by atomic mass is 10.1. The van der Waals surface area contributed by atoms with Crippen LogP contribution in [0.3, 0.4) is 0 Å². The van der Waals surface area contributed by atoms with Crippen LogP contribution in [0.4, 0.5) is 5.69 Å². The first-order chi connectivity index (χ1) is 7.74. The summed E-state index contributed by atoms with van der Waals surface area (Å²) in [5, 5.41) is 3.29. The quantitative estimate of drug-likeness (QED) is 0.803. The summed E-state index contributed by atoms with van der Waals surface area (Å²) in [4.78, 5) is 12.9. The van der Waals surface area contributed by atoms with Crippen LogP contribution in [0.15, 0.2) is 17.0 Å². The fourth-order valence-electron chi connectivity index (χ4n) is 1.76. The number of ether oxygens (including phenoxy) is 1. The molecule has 0 aliphatic carbocycles. The van der Waals surface area contributed by atoms with Crippen LogP contribution in [0.1, 0.15) is 22.8 Å². The van der Waals surface area contributed by atoms with E-state index in [0.29, 0.717) is 12.2 Å². The zero-order valence-corrected chi connectivity index (χ0v) is 10.3. The van der Waals surface area contributed by atoms with E-state index in [2.05, 4.69) is 12.2 Å². The number of rotatable bonds is 2. The number of carbonyl (C=O) groups is 1. The molecule has 86 valence electrons. The number of hydrogen-bond acceptors (Lipinski definition) is 4. The van der Waals surface area contributed by atoms with Gasteiger partial charge in [0, 0.05) is 17.2 Å². The minimum absolute atomic E-state index is 0.242. The largest absolute Gasteiger partial charge is 0.462 e. The van der Waals surface area contributed by atoms with Gasteiger partial charge >= 0.3 is 5.97 Å². The molecule has 1 heterocycles. The van der Waals surface area contributed by atoms with Crippen LogP contribution in [-0.4, -0.2) is 24.9 Å². The maximum Gasteiger partial charge on any atom is 0.340 e. The molecule has 0 bridgehead atoms. The average Bonchev–Trinajstić information content (AvgIpc) is 2.30. The third-order valence-electron chi connectivity index (χ3n) is 2.50. The highest BCUT2D eigenvalue weighted by atomic mass is 32.2. The van der Waals surface area contributed by atoms with Crippen LogP contribution in [-0.2, 0) is 4.74 Å². The van der Waals surface area contributed by atoms with Gasteiger partial charge < -0.3 is 10.1 Å². The highest BCUT2D eigenvalue weighted by Crippen LogP contribution is 2.36. The maximum absolute atomic E-state index is 11.8. The van der Waals surface area contributed by atoms with E-state index in [1.165, 1.54) is 10.5 Å². The molecule has 0 radical (unpaired) electrons. The van der Waals surface area contributed by atoms with Gasteiger partial charge in [0.05, 0.1) is 17.9 Å². The fourth-order valence-corrected chi connectivity index (χ4v) is 2.79. The van der Waals surface area contributed by atoms with Crippen molar-refractivity contribution in [3.05, 3.63) is 23.3 Å². The zero-order chi connectivity index (χ0) is 11.5. The number of carbonyl (C=O) groups excluding carboxylic acids is 1. The molecule has 0 saturated heterocycles. The second-order valence-corrected chi connectivity index (χ2v) is 4.74. The Balaban J connectivity index is 2.42. The van der Waals surface area contributed by atoms with E-state index in [9.17, 15) is 4.79 Å². The Bertz CT molecular complexity index is 418. The zero-order valence-electron chi connectivity index (χ0n) is 9.50. The number of fused-ring (bicyclic) bond motifs is 1. The lowest BCUT2D eigenvalue weighted by Gasteiger charge is -2.21. The fraction of sp³-hybridized carbons (Fsp3) is 0.417. The van der Waals surface area contributed by atoms with E-state index in [1.54, 1.807) is 11.8 Å². The standard InChI is InChI=1S/C12H15NO2S/c1-3-15-12(14)9-5-4-8(2)11-10(9)13-6-7-16-11/h4-5,13H,3,6-7H2,1-2H3. The smallest absolute Gasteiger partial charge is 0.340 e. The Morgan fingerprint density at radius 2 is 2.38 bits per heavy atom. The molecule has 0 unspecified atom stereocenters. The second kappa shape index (κ2) is 4.78. The summed E-state index contributed by atoms with van der Waals surface area (Å²) in [6.07, 6.45) is 0. The molecule has 3 nitrogen and oxygen atoms in total. The van der Waals surface area contributed by atoms with Crippen molar-refractivity contribution in [2.24, 2.45) is 0 Å². The number of thioether (sulfide) groups is 1. The van der Waals surface area contributed by atoms with Crippen LogP contribution in [0.25, 0.3) is 0 Å². The van der Waals surface area contributed by atoms with Crippen molar-refractivity contribution < 1.29 is 9.53 Å². The SMILES string of the molecule is CCOC(=O)c1ccc(C)c2c1NCCS2. The first-order valence-electron chi connectivity index (χ1n) is 5.41. The summed E-state index contributed by atoms with van der Waals surface area (Å²) in [5.74, 6) is 0.800. The molecule has 1 aliphatic heterocycles. The highest BCUT2D eigenvalue weighted by Gasteiger charge is 2.20. The molecule has 1 aromatic carbocycles. The Morgan fingerprint density at radius 3 is 3.12 bits per heavy atom. The average molecular weight is 237 g/mol. The predicted molar refractivity (Wildman–Crippen MR) is 66.3 cm³/mol. The summed E-state index contributed by atoms with van der Waals surface area (Å²) in [6, 6.07) is 3.82. The number of nitrogens with one attached hydrogen (secondary N) is 1. The molecular weight excluding hydrogens is 222 g/mol. The number of esters is 1. The van der Waals surface area contributed by atoms with E-state index in [0.717, 1.165) is 18.0 Å². The normalized spacial score (nSPS) is 13.9. The van der Waals surface area contributed by atoms with Gasteiger partial charge in [-0.3, -0.25) is 0 Å². The van der Waals surface area contributed by atoms with Crippen LogP contribution in [0.2, 0.25) is 0 Å². The first-order valence-corrected chi connectivity index (χ1v) is 6.40. The number of hydrogen-bond donors (Lipinski definition) is 1. The third kappa shape index (κ3) is 2.02. The van der Waals surface area contributed by atoms with Crippen molar-refractivity contribution in [1.29, 1.82) is 0 Å².